The molecule has 180 valence electrons. The fraction of sp³-hybridized carbons (Fsp3) is 0.269. The SMILES string of the molecule is C=C(C)CN1C(=O)C2C(N=C3N(c4ccc(OC)cc4OC)C(c4ccccc4)=CN32)N(C)C1=O. The molecule has 3 heterocycles. The maximum Gasteiger partial charge on any atom is 0.328 e. The second-order valence-electron chi connectivity index (χ2n) is 8.72. The van der Waals surface area contributed by atoms with Crippen molar-refractivity contribution in [3.05, 3.63) is 72.4 Å². The summed E-state index contributed by atoms with van der Waals surface area (Å²) in [5, 5.41) is 0. The number of benzene rings is 2. The van der Waals surface area contributed by atoms with Crippen molar-refractivity contribution in [3.8, 4) is 11.5 Å². The molecule has 5 rings (SSSR count). The van der Waals surface area contributed by atoms with Gasteiger partial charge in [0.15, 0.2) is 12.2 Å². The number of fused-ring (bicyclic) bond motifs is 3. The van der Waals surface area contributed by atoms with E-state index >= 15 is 0 Å². The van der Waals surface area contributed by atoms with Crippen molar-refractivity contribution >= 4 is 29.3 Å². The van der Waals surface area contributed by atoms with E-state index in [4.69, 9.17) is 14.5 Å². The molecule has 3 aliphatic rings. The van der Waals surface area contributed by atoms with Crippen molar-refractivity contribution in [1.29, 1.82) is 0 Å². The number of carbonyl (C=O) groups is 2. The van der Waals surface area contributed by atoms with Gasteiger partial charge in [-0.15, -0.1) is 0 Å². The summed E-state index contributed by atoms with van der Waals surface area (Å²) in [6.45, 7) is 5.84. The molecular formula is C26H27N5O4. The zero-order chi connectivity index (χ0) is 24.9. The molecular weight excluding hydrogens is 446 g/mol. The van der Waals surface area contributed by atoms with Crippen LogP contribution in [-0.4, -0.2) is 72.6 Å². The summed E-state index contributed by atoms with van der Waals surface area (Å²) < 4.78 is 11.1. The molecule has 2 atom stereocenters. The third-order valence-corrected chi connectivity index (χ3v) is 6.34. The van der Waals surface area contributed by atoms with Crippen LogP contribution in [0, 0.1) is 0 Å². The minimum atomic E-state index is -0.681. The molecule has 9 nitrogen and oxygen atoms in total. The number of hydrogen-bond acceptors (Lipinski definition) is 7. The van der Waals surface area contributed by atoms with Gasteiger partial charge in [0.05, 0.1) is 32.1 Å². The van der Waals surface area contributed by atoms with Gasteiger partial charge in [0.25, 0.3) is 5.91 Å². The van der Waals surface area contributed by atoms with E-state index < -0.39 is 12.2 Å². The highest BCUT2D eigenvalue weighted by Crippen LogP contribution is 2.43. The Bertz CT molecular complexity index is 1270. The number of ether oxygens (including phenoxy) is 2. The molecule has 0 saturated carbocycles. The van der Waals surface area contributed by atoms with E-state index in [1.54, 1.807) is 34.3 Å². The van der Waals surface area contributed by atoms with Crippen LogP contribution in [0.4, 0.5) is 10.5 Å². The predicted octanol–water partition coefficient (Wildman–Crippen LogP) is 3.36. The Labute approximate surface area is 204 Å². The highest BCUT2D eigenvalue weighted by atomic mass is 16.5. The van der Waals surface area contributed by atoms with Gasteiger partial charge in [0, 0.05) is 24.9 Å². The number of nitrogens with zero attached hydrogens (tertiary/aromatic N) is 5. The maximum absolute atomic E-state index is 13.6. The minimum absolute atomic E-state index is 0.166. The smallest absolute Gasteiger partial charge is 0.328 e. The first kappa shape index (κ1) is 22.5. The summed E-state index contributed by atoms with van der Waals surface area (Å²) in [4.78, 5) is 38.0. The minimum Gasteiger partial charge on any atom is -0.497 e. The lowest BCUT2D eigenvalue weighted by Crippen LogP contribution is -2.64. The summed E-state index contributed by atoms with van der Waals surface area (Å²) in [6.07, 6.45) is 1.27. The number of guanidine groups is 1. The number of amides is 3. The normalized spacial score (nSPS) is 21.0. The van der Waals surface area contributed by atoms with Crippen molar-refractivity contribution in [1.82, 2.24) is 14.7 Å². The van der Waals surface area contributed by atoms with Crippen molar-refractivity contribution in [3.63, 3.8) is 0 Å². The Kier molecular flexibility index (Phi) is 5.47. The van der Waals surface area contributed by atoms with Gasteiger partial charge in [-0.3, -0.25) is 19.5 Å². The van der Waals surface area contributed by atoms with Gasteiger partial charge in [-0.25, -0.2) is 9.79 Å². The van der Waals surface area contributed by atoms with Crippen LogP contribution in [-0.2, 0) is 4.79 Å². The number of anilines is 1. The number of urea groups is 1. The topological polar surface area (TPSA) is 77.9 Å². The Hall–Kier alpha value is -4.27. The Morgan fingerprint density at radius 1 is 1.09 bits per heavy atom. The van der Waals surface area contributed by atoms with Crippen LogP contribution in [0.5, 0.6) is 11.5 Å². The van der Waals surface area contributed by atoms with E-state index in [9.17, 15) is 9.59 Å². The number of aliphatic imine (C=N–C) groups is 1. The summed E-state index contributed by atoms with van der Waals surface area (Å²) in [5.74, 6) is 1.50. The molecule has 0 spiro atoms. The number of likely N-dealkylation sites (N-methyl/N-ethyl adjacent to an activating group) is 1. The summed E-state index contributed by atoms with van der Waals surface area (Å²) in [6, 6.07) is 14.4. The molecule has 1 fully saturated rings. The zero-order valence-corrected chi connectivity index (χ0v) is 20.1. The molecule has 9 heteroatoms. The molecule has 1 saturated heterocycles. The molecule has 0 N–H and O–H groups in total. The lowest BCUT2D eigenvalue weighted by atomic mass is 10.1. The van der Waals surface area contributed by atoms with Crippen molar-refractivity contribution in [2.75, 3.05) is 32.7 Å². The molecule has 2 unspecified atom stereocenters. The van der Waals surface area contributed by atoms with Gasteiger partial charge >= 0.3 is 6.03 Å². The second-order valence-corrected chi connectivity index (χ2v) is 8.72. The van der Waals surface area contributed by atoms with Gasteiger partial charge < -0.3 is 14.4 Å². The van der Waals surface area contributed by atoms with Crippen LogP contribution in [0.1, 0.15) is 12.5 Å². The Balaban J connectivity index is 1.64. The number of methoxy groups -OCH3 is 2. The van der Waals surface area contributed by atoms with E-state index in [0.29, 0.717) is 17.5 Å². The number of carbonyl (C=O) groups excluding carboxylic acids is 2. The molecule has 3 aliphatic heterocycles. The summed E-state index contributed by atoms with van der Waals surface area (Å²) in [7, 11) is 4.87. The van der Waals surface area contributed by atoms with Gasteiger partial charge in [-0.2, -0.15) is 0 Å². The first-order valence-corrected chi connectivity index (χ1v) is 11.2. The summed E-state index contributed by atoms with van der Waals surface area (Å²) >= 11 is 0. The highest BCUT2D eigenvalue weighted by Gasteiger charge is 2.55. The van der Waals surface area contributed by atoms with Gasteiger partial charge in [0.2, 0.25) is 5.96 Å². The van der Waals surface area contributed by atoms with Gasteiger partial charge in [-0.05, 0) is 19.1 Å². The quantitative estimate of drug-likeness (QED) is 0.599. The molecule has 35 heavy (non-hydrogen) atoms. The molecule has 0 radical (unpaired) electrons. The molecule has 3 amide bonds. The highest BCUT2D eigenvalue weighted by molar-refractivity contribution is 6.16. The van der Waals surface area contributed by atoms with E-state index in [1.165, 1.54) is 9.80 Å². The number of rotatable bonds is 6. The van der Waals surface area contributed by atoms with Crippen LogP contribution in [0.15, 0.2) is 71.9 Å². The Morgan fingerprint density at radius 3 is 2.49 bits per heavy atom. The van der Waals surface area contributed by atoms with Gasteiger partial charge in [0.1, 0.15) is 11.5 Å². The third-order valence-electron chi connectivity index (χ3n) is 6.34. The summed E-state index contributed by atoms with van der Waals surface area (Å²) in [5.41, 5.74) is 3.25. The number of imide groups is 1. The molecule has 2 aromatic rings. The standard InChI is InChI=1S/C26H27N5O4/c1-16(2)14-30-24(32)22-23(28(3)26(30)33)27-25-29(22)15-20(17-9-7-6-8-10-17)31(25)19-12-11-18(34-4)13-21(19)35-5/h6-13,15,22-23H,1,14H2,2-5H3. The van der Waals surface area contributed by atoms with Crippen LogP contribution in [0.3, 0.4) is 0 Å². The van der Waals surface area contributed by atoms with Crippen LogP contribution >= 0.6 is 0 Å². The van der Waals surface area contributed by atoms with Crippen LogP contribution in [0.25, 0.3) is 5.70 Å². The largest absolute Gasteiger partial charge is 0.497 e. The molecule has 2 aromatic carbocycles. The number of hydrogen-bond donors (Lipinski definition) is 0. The first-order valence-electron chi connectivity index (χ1n) is 11.2. The van der Waals surface area contributed by atoms with E-state index in [0.717, 1.165) is 22.5 Å². The molecule has 0 aliphatic carbocycles. The maximum atomic E-state index is 13.6. The first-order chi connectivity index (χ1) is 16.8. The zero-order valence-electron chi connectivity index (χ0n) is 20.1. The fourth-order valence-corrected chi connectivity index (χ4v) is 4.67. The lowest BCUT2D eigenvalue weighted by Gasteiger charge is -2.40. The van der Waals surface area contributed by atoms with E-state index in [1.807, 2.05) is 58.5 Å². The fourth-order valence-electron chi connectivity index (χ4n) is 4.67. The van der Waals surface area contributed by atoms with Crippen LogP contribution in [0.2, 0.25) is 0 Å². The predicted molar refractivity (Wildman–Crippen MR) is 133 cm³/mol. The van der Waals surface area contributed by atoms with Gasteiger partial charge in [-0.1, -0.05) is 42.5 Å². The third kappa shape index (κ3) is 3.51. The second kappa shape index (κ2) is 8.50. The van der Waals surface area contributed by atoms with Crippen molar-refractivity contribution < 1.29 is 19.1 Å². The monoisotopic (exact) mass is 473 g/mol. The van der Waals surface area contributed by atoms with Crippen molar-refractivity contribution in [2.45, 2.75) is 19.1 Å². The van der Waals surface area contributed by atoms with Crippen LogP contribution < -0.4 is 14.4 Å². The van der Waals surface area contributed by atoms with E-state index in [-0.39, 0.29) is 18.5 Å². The lowest BCUT2D eigenvalue weighted by molar-refractivity contribution is -0.136. The Morgan fingerprint density at radius 2 is 1.83 bits per heavy atom. The molecule has 0 bridgehead atoms. The van der Waals surface area contributed by atoms with E-state index in [2.05, 4.69) is 6.58 Å². The average molecular weight is 474 g/mol. The average Bonchev–Trinajstić information content (AvgIpc) is 3.42. The van der Waals surface area contributed by atoms with Crippen molar-refractivity contribution in [2.24, 2.45) is 4.99 Å². The molecule has 0 aromatic heterocycles.